The summed E-state index contributed by atoms with van der Waals surface area (Å²) in [6, 6.07) is 46.8. The van der Waals surface area contributed by atoms with E-state index >= 15 is 0 Å². The predicted molar refractivity (Wildman–Crippen MR) is 212 cm³/mol. The quantitative estimate of drug-likeness (QED) is 0.168. The van der Waals surface area contributed by atoms with Gasteiger partial charge in [0.05, 0.1) is 33.1 Å². The maximum atomic E-state index is 2.59. The summed E-state index contributed by atoms with van der Waals surface area (Å²) in [5.74, 6) is 1.32. The Kier molecular flexibility index (Phi) is 6.45. The van der Waals surface area contributed by atoms with E-state index in [1.165, 1.54) is 152 Å². The van der Waals surface area contributed by atoms with Gasteiger partial charge in [0.15, 0.2) is 0 Å². The van der Waals surface area contributed by atoms with Crippen LogP contribution in [0, 0.1) is 0 Å². The van der Waals surface area contributed by atoms with Crippen molar-refractivity contribution in [3.8, 4) is 22.3 Å². The fraction of sp³-hybridized carbons (Fsp3) is 0.250. The minimum atomic E-state index is 0.639. The summed E-state index contributed by atoms with van der Waals surface area (Å²) in [6.45, 7) is 0. The minimum Gasteiger partial charge on any atom is -0.305 e. The molecule has 6 aromatic carbocycles. The van der Waals surface area contributed by atoms with E-state index in [-0.39, 0.29) is 0 Å². The van der Waals surface area contributed by atoms with E-state index in [0.717, 1.165) is 0 Å². The second-order valence-corrected chi connectivity index (χ2v) is 15.3. The smallest absolute Gasteiger partial charge is 0.0789 e. The maximum absolute atomic E-state index is 2.59. The molecular formula is C48H42N2. The number of fused-ring (bicyclic) bond motifs is 8. The fourth-order valence-corrected chi connectivity index (χ4v) is 10.4. The van der Waals surface area contributed by atoms with Crippen LogP contribution in [0.15, 0.2) is 121 Å². The molecule has 0 bridgehead atoms. The molecule has 3 heterocycles. The number of para-hydroxylation sites is 2. The summed E-state index contributed by atoms with van der Waals surface area (Å²) in [5, 5.41) is 5.41. The average Bonchev–Trinajstić information content (AvgIpc) is 3.73. The normalized spacial score (nSPS) is 16.6. The van der Waals surface area contributed by atoms with Gasteiger partial charge in [-0.1, -0.05) is 136 Å². The van der Waals surface area contributed by atoms with E-state index < -0.39 is 0 Å². The van der Waals surface area contributed by atoms with Crippen molar-refractivity contribution in [1.82, 2.24) is 8.80 Å². The Morgan fingerprint density at radius 3 is 1.64 bits per heavy atom. The molecule has 3 aromatic heterocycles. The SMILES string of the molecule is c1cc(-c2ccc3c4c2c2ccccc2n4c2ccc(-c4ccccc4C4CCCCC4)c4c5ccccc5n3c42)cc(C2CCCCC2)c1. The summed E-state index contributed by atoms with van der Waals surface area (Å²) in [7, 11) is 0. The molecule has 0 saturated heterocycles. The van der Waals surface area contributed by atoms with Gasteiger partial charge in [0.2, 0.25) is 0 Å². The van der Waals surface area contributed by atoms with Crippen LogP contribution in [0.3, 0.4) is 0 Å². The van der Waals surface area contributed by atoms with Crippen LogP contribution in [0.25, 0.3) is 76.9 Å². The summed E-state index contributed by atoms with van der Waals surface area (Å²) < 4.78 is 5.18. The first kappa shape index (κ1) is 28.7. The zero-order valence-electron chi connectivity index (χ0n) is 28.7. The molecule has 0 atom stereocenters. The molecular weight excluding hydrogens is 605 g/mol. The van der Waals surface area contributed by atoms with Gasteiger partial charge in [-0.25, -0.2) is 0 Å². The van der Waals surface area contributed by atoms with Crippen molar-refractivity contribution in [2.75, 3.05) is 0 Å². The van der Waals surface area contributed by atoms with Gasteiger partial charge in [-0.15, -0.1) is 0 Å². The molecule has 2 aliphatic rings. The first-order chi connectivity index (χ1) is 24.8. The number of hydrogen-bond donors (Lipinski definition) is 0. The predicted octanol–water partition coefficient (Wildman–Crippen LogP) is 13.7. The first-order valence-corrected chi connectivity index (χ1v) is 19.2. The summed E-state index contributed by atoms with van der Waals surface area (Å²) in [5.41, 5.74) is 16.3. The van der Waals surface area contributed by atoms with E-state index in [1.54, 1.807) is 0 Å². The Hall–Kier alpha value is -5.08. The van der Waals surface area contributed by atoms with Crippen molar-refractivity contribution in [2.24, 2.45) is 0 Å². The third kappa shape index (κ3) is 4.08. The van der Waals surface area contributed by atoms with Gasteiger partial charge in [0, 0.05) is 21.5 Å². The molecule has 0 aliphatic heterocycles. The van der Waals surface area contributed by atoms with Crippen molar-refractivity contribution in [2.45, 2.75) is 76.0 Å². The van der Waals surface area contributed by atoms with E-state index in [1.807, 2.05) is 0 Å². The number of nitrogens with zero attached hydrogens (tertiary/aromatic N) is 2. The highest BCUT2D eigenvalue weighted by Crippen LogP contribution is 2.48. The number of benzene rings is 6. The second-order valence-electron chi connectivity index (χ2n) is 15.3. The Morgan fingerprint density at radius 1 is 0.400 bits per heavy atom. The largest absolute Gasteiger partial charge is 0.305 e. The molecule has 2 saturated carbocycles. The molecule has 2 aliphatic carbocycles. The topological polar surface area (TPSA) is 8.82 Å². The highest BCUT2D eigenvalue weighted by Gasteiger charge is 2.26. The maximum Gasteiger partial charge on any atom is 0.0789 e. The van der Waals surface area contributed by atoms with Crippen LogP contribution >= 0.6 is 0 Å². The van der Waals surface area contributed by atoms with Gasteiger partial charge in [-0.2, -0.15) is 0 Å². The summed E-state index contributed by atoms with van der Waals surface area (Å²) in [4.78, 5) is 0. The van der Waals surface area contributed by atoms with E-state index in [0.29, 0.717) is 11.8 Å². The van der Waals surface area contributed by atoms with Crippen molar-refractivity contribution in [1.29, 1.82) is 0 Å². The molecule has 2 nitrogen and oxygen atoms in total. The number of hydrogen-bond acceptors (Lipinski definition) is 0. The Balaban J connectivity index is 1.24. The van der Waals surface area contributed by atoms with Crippen LogP contribution in [0.5, 0.6) is 0 Å². The third-order valence-electron chi connectivity index (χ3n) is 12.6. The van der Waals surface area contributed by atoms with Crippen LogP contribution < -0.4 is 0 Å². The molecule has 50 heavy (non-hydrogen) atoms. The fourth-order valence-electron chi connectivity index (χ4n) is 10.4. The Labute approximate surface area is 293 Å². The first-order valence-electron chi connectivity index (χ1n) is 19.2. The van der Waals surface area contributed by atoms with Crippen molar-refractivity contribution in [3.63, 3.8) is 0 Å². The zero-order chi connectivity index (χ0) is 32.8. The lowest BCUT2D eigenvalue weighted by Crippen LogP contribution is -2.06. The minimum absolute atomic E-state index is 0.639. The van der Waals surface area contributed by atoms with Gasteiger partial charge in [-0.05, 0) is 95.2 Å². The average molecular weight is 647 g/mol. The van der Waals surface area contributed by atoms with Crippen LogP contribution in [-0.4, -0.2) is 8.80 Å². The molecule has 0 amide bonds. The molecule has 9 aromatic rings. The third-order valence-corrected chi connectivity index (χ3v) is 12.6. The highest BCUT2D eigenvalue weighted by atomic mass is 15.0. The van der Waals surface area contributed by atoms with Crippen LogP contribution in [0.2, 0.25) is 0 Å². The molecule has 0 radical (unpaired) electrons. The van der Waals surface area contributed by atoms with Crippen LogP contribution in [-0.2, 0) is 0 Å². The lowest BCUT2D eigenvalue weighted by molar-refractivity contribution is 0.444. The Bertz CT molecular complexity index is 2730. The van der Waals surface area contributed by atoms with Crippen molar-refractivity contribution < 1.29 is 0 Å². The van der Waals surface area contributed by atoms with Gasteiger partial charge in [-0.3, -0.25) is 0 Å². The summed E-state index contributed by atoms with van der Waals surface area (Å²) >= 11 is 0. The lowest BCUT2D eigenvalue weighted by Gasteiger charge is -2.25. The zero-order valence-corrected chi connectivity index (χ0v) is 28.7. The van der Waals surface area contributed by atoms with Crippen molar-refractivity contribution >= 4 is 54.6 Å². The van der Waals surface area contributed by atoms with E-state index in [2.05, 4.69) is 130 Å². The monoisotopic (exact) mass is 646 g/mol. The lowest BCUT2D eigenvalue weighted by atomic mass is 9.80. The molecule has 2 heteroatoms. The molecule has 11 rings (SSSR count). The molecule has 244 valence electrons. The standard InChI is InChI=1S/C48H42N2/c1-3-14-31(15-4-1)33-18-13-19-34(30-33)36-26-28-43-47-45(36)39-22-9-11-24-41(39)49(47)44-29-27-38(46-40-23-10-12-25-42(40)50(43)48(44)46)37-21-8-7-20-35(37)32-16-5-2-6-17-32/h7-13,18-32H,1-6,14-17H2. The van der Waals surface area contributed by atoms with Gasteiger partial charge in [0.1, 0.15) is 0 Å². The van der Waals surface area contributed by atoms with E-state index in [4.69, 9.17) is 0 Å². The van der Waals surface area contributed by atoms with Crippen LogP contribution in [0.1, 0.15) is 87.2 Å². The van der Waals surface area contributed by atoms with E-state index in [9.17, 15) is 0 Å². The molecule has 2 fully saturated rings. The molecule has 0 unspecified atom stereocenters. The van der Waals surface area contributed by atoms with Gasteiger partial charge in [0.25, 0.3) is 0 Å². The second kappa shape index (κ2) is 11.2. The van der Waals surface area contributed by atoms with Crippen molar-refractivity contribution in [3.05, 3.63) is 132 Å². The van der Waals surface area contributed by atoms with Crippen LogP contribution in [0.4, 0.5) is 0 Å². The van der Waals surface area contributed by atoms with Gasteiger partial charge >= 0.3 is 0 Å². The number of aromatic nitrogens is 2. The summed E-state index contributed by atoms with van der Waals surface area (Å²) in [6.07, 6.45) is 13.4. The number of rotatable bonds is 4. The molecule has 0 N–H and O–H groups in total. The highest BCUT2D eigenvalue weighted by molar-refractivity contribution is 6.26. The molecule has 0 spiro atoms. The van der Waals surface area contributed by atoms with Gasteiger partial charge < -0.3 is 8.80 Å². The Morgan fingerprint density at radius 2 is 0.960 bits per heavy atom.